The molecule has 8 heterocycles. The Morgan fingerprint density at radius 2 is 1.04 bits per heavy atom. The molecule has 0 saturated heterocycles. The van der Waals surface area contributed by atoms with E-state index in [1.165, 1.54) is 95.5 Å². The molecule has 0 spiro atoms. The number of imidazole rings is 2. The SMILES string of the molecule is CC1(c2ccc(F)cc2)C(=O)Nc2nc(-c3cn4ccnc4c(CCC(F)(F)C(F)(F)F)n3)[nH]c(=O)c21.CC1(c2ccc(F)cc2)C(=O)Nc2nc(-c3cn4ccnc4c(CCC(F)(F)C(F)(F)F)n3)ncc21. The smallest absolute Gasteiger partial charge is 0.309 e. The summed E-state index contributed by atoms with van der Waals surface area (Å²) in [5, 5.41) is 5.19. The van der Waals surface area contributed by atoms with Gasteiger partial charge < -0.3 is 24.4 Å². The number of hydrogen-bond acceptors (Lipinski definition) is 10. The first-order valence-electron chi connectivity index (χ1n) is 21.4. The third-order valence-corrected chi connectivity index (χ3v) is 12.5. The Morgan fingerprint density at radius 1 is 0.575 bits per heavy atom. The average molecular weight is 1030 g/mol. The molecule has 0 saturated carbocycles. The number of benzene rings is 2. The summed E-state index contributed by atoms with van der Waals surface area (Å²) >= 11 is 0. The van der Waals surface area contributed by atoms with Crippen LogP contribution in [0.1, 0.15) is 60.3 Å². The molecule has 0 radical (unpaired) electrons. The number of alkyl halides is 10. The van der Waals surface area contributed by atoms with Crippen molar-refractivity contribution in [1.29, 1.82) is 0 Å². The van der Waals surface area contributed by atoms with Crippen LogP contribution in [0.4, 0.5) is 64.3 Å². The van der Waals surface area contributed by atoms with Gasteiger partial charge in [0.25, 0.3) is 5.56 Å². The largest absolute Gasteiger partial charge is 0.453 e. The topological polar surface area (TPSA) is 190 Å². The van der Waals surface area contributed by atoms with Crippen LogP contribution in [0.2, 0.25) is 0 Å². The summed E-state index contributed by atoms with van der Waals surface area (Å²) in [4.78, 5) is 70.6. The molecule has 378 valence electrons. The Bertz CT molecular complexity index is 3540. The van der Waals surface area contributed by atoms with Crippen molar-refractivity contribution in [1.82, 2.24) is 48.7 Å². The Morgan fingerprint density at radius 3 is 1.56 bits per heavy atom. The molecule has 2 atom stereocenters. The van der Waals surface area contributed by atoms with Crippen LogP contribution in [0, 0.1) is 11.6 Å². The number of carbonyl (C=O) groups excluding carboxylic acids is 2. The molecule has 0 fully saturated rings. The second-order valence-electron chi connectivity index (χ2n) is 17.1. The predicted octanol–water partition coefficient (Wildman–Crippen LogP) is 8.72. The fourth-order valence-electron chi connectivity index (χ4n) is 8.33. The summed E-state index contributed by atoms with van der Waals surface area (Å²) in [5.41, 5.74) is -2.20. The van der Waals surface area contributed by atoms with E-state index < -0.39 is 89.7 Å². The maximum Gasteiger partial charge on any atom is 0.453 e. The fraction of sp³-hybridized carbons (Fsp3) is 0.261. The van der Waals surface area contributed by atoms with Crippen molar-refractivity contribution in [3.05, 3.63) is 148 Å². The van der Waals surface area contributed by atoms with E-state index in [0.717, 1.165) is 12.1 Å². The lowest BCUT2D eigenvalue weighted by molar-refractivity contribution is -0.284. The van der Waals surface area contributed by atoms with Gasteiger partial charge in [0.2, 0.25) is 11.8 Å². The molecule has 2 aliphatic rings. The van der Waals surface area contributed by atoms with Gasteiger partial charge in [0.15, 0.2) is 22.9 Å². The molecule has 10 rings (SSSR count). The molecule has 3 N–H and O–H groups in total. The summed E-state index contributed by atoms with van der Waals surface area (Å²) in [7, 11) is 0. The van der Waals surface area contributed by atoms with Crippen molar-refractivity contribution in [2.75, 3.05) is 10.6 Å². The molecule has 2 amide bonds. The van der Waals surface area contributed by atoms with Crippen molar-refractivity contribution < 1.29 is 62.3 Å². The number of amides is 2. The van der Waals surface area contributed by atoms with E-state index in [2.05, 4.69) is 50.5 Å². The molecule has 2 unspecified atom stereocenters. The molecule has 0 bridgehead atoms. The summed E-state index contributed by atoms with van der Waals surface area (Å²) in [6.07, 6.45) is -6.19. The van der Waals surface area contributed by atoms with Gasteiger partial charge in [-0.3, -0.25) is 14.4 Å². The minimum absolute atomic E-state index is 0.0110. The van der Waals surface area contributed by atoms with E-state index in [1.54, 1.807) is 6.92 Å². The number of nitrogens with zero attached hydrogens (tertiary/aromatic N) is 9. The number of carbonyl (C=O) groups is 2. The van der Waals surface area contributed by atoms with E-state index in [9.17, 15) is 67.1 Å². The van der Waals surface area contributed by atoms with Gasteiger partial charge in [0.1, 0.15) is 45.5 Å². The molecule has 2 aliphatic heterocycles. The van der Waals surface area contributed by atoms with Gasteiger partial charge in [-0.2, -0.15) is 43.9 Å². The minimum atomic E-state index is -5.72. The van der Waals surface area contributed by atoms with Gasteiger partial charge in [-0.15, -0.1) is 0 Å². The number of hydrogen-bond donors (Lipinski definition) is 3. The van der Waals surface area contributed by atoms with Crippen molar-refractivity contribution in [3.63, 3.8) is 0 Å². The maximum atomic E-state index is 13.5. The second kappa shape index (κ2) is 17.5. The molecule has 15 nitrogen and oxygen atoms in total. The minimum Gasteiger partial charge on any atom is -0.309 e. The van der Waals surface area contributed by atoms with Gasteiger partial charge in [-0.25, -0.2) is 43.7 Å². The second-order valence-corrected chi connectivity index (χ2v) is 17.1. The molecular weight excluding hydrogens is 997 g/mol. The van der Waals surface area contributed by atoms with Crippen molar-refractivity contribution in [2.24, 2.45) is 0 Å². The average Bonchev–Trinajstić information content (AvgIpc) is 4.12. The third-order valence-electron chi connectivity index (χ3n) is 12.5. The van der Waals surface area contributed by atoms with E-state index >= 15 is 0 Å². The van der Waals surface area contributed by atoms with E-state index in [0.29, 0.717) is 16.7 Å². The van der Waals surface area contributed by atoms with Crippen molar-refractivity contribution >= 4 is 34.7 Å². The number of rotatable bonds is 10. The summed E-state index contributed by atoms with van der Waals surface area (Å²) in [6.45, 7) is 3.12. The monoisotopic (exact) mass is 1030 g/mol. The van der Waals surface area contributed by atoms with Crippen molar-refractivity contribution in [2.45, 2.75) is 74.6 Å². The van der Waals surface area contributed by atoms with Gasteiger partial charge in [0.05, 0.1) is 17.0 Å². The Hall–Kier alpha value is -8.26. The zero-order chi connectivity index (χ0) is 52.6. The first kappa shape index (κ1) is 49.7. The molecule has 8 aromatic rings. The number of H-pyrrole nitrogens is 1. The van der Waals surface area contributed by atoms with Crippen LogP contribution in [0.15, 0.2) is 96.7 Å². The van der Waals surface area contributed by atoms with Crippen LogP contribution in [0.5, 0.6) is 0 Å². The highest BCUT2D eigenvalue weighted by Gasteiger charge is 2.58. The van der Waals surface area contributed by atoms with Crippen LogP contribution < -0.4 is 16.2 Å². The highest BCUT2D eigenvalue weighted by Crippen LogP contribution is 2.44. The van der Waals surface area contributed by atoms with Gasteiger partial charge in [-0.05, 0) is 62.1 Å². The summed E-state index contributed by atoms with van der Waals surface area (Å²) < 4.78 is 160. The number of aryl methyl sites for hydroxylation is 2. The number of halogens is 12. The molecule has 73 heavy (non-hydrogen) atoms. The number of anilines is 2. The molecule has 27 heteroatoms. The molecular formula is C46H32F12N12O3. The van der Waals surface area contributed by atoms with Gasteiger partial charge >= 0.3 is 24.2 Å². The third kappa shape index (κ3) is 8.74. The standard InChI is InChI=1S/C23H16F6N6O2.C23H16F6N6O/c1-21(11-2-4-12(24)5-3-11)15-17(34-20(21)37)32-16(33-19(15)36)14-10-35-9-8-30-18(35)13(31-14)6-7-22(25,26)23(27,28)29;1-21(12-2-4-13(24)5-3-12)14-10-31-18(33-17(14)34-20(21)36)16-11-35-9-8-30-19(35)15(32-16)6-7-22(25,26)23(27,28)29/h2-5,8-10H,6-7H2,1H3,(H2,32,33,34,36,37);2-5,8-11H,6-7H2,1H3,(H,31,33,34,36). The number of aromatic nitrogens is 10. The lowest BCUT2D eigenvalue weighted by atomic mass is 9.78. The normalized spacial score (nSPS) is 17.8. The van der Waals surface area contributed by atoms with Gasteiger partial charge in [0, 0.05) is 61.8 Å². The number of nitrogens with one attached hydrogen (secondary N) is 3. The molecule has 2 aromatic carbocycles. The van der Waals surface area contributed by atoms with Crippen molar-refractivity contribution in [3.8, 4) is 23.0 Å². The number of aromatic amines is 1. The lowest BCUT2D eigenvalue weighted by Crippen LogP contribution is -2.36. The highest BCUT2D eigenvalue weighted by atomic mass is 19.4. The fourth-order valence-corrected chi connectivity index (χ4v) is 8.33. The first-order valence-corrected chi connectivity index (χ1v) is 21.4. The quantitative estimate of drug-likeness (QED) is 0.112. The van der Waals surface area contributed by atoms with Crippen LogP contribution in [0.25, 0.3) is 34.3 Å². The lowest BCUT2D eigenvalue weighted by Gasteiger charge is -2.22. The summed E-state index contributed by atoms with van der Waals surface area (Å²) in [6, 6.07) is 10.5. The molecule has 6 aromatic heterocycles. The van der Waals surface area contributed by atoms with Crippen LogP contribution >= 0.6 is 0 Å². The van der Waals surface area contributed by atoms with E-state index in [1.807, 2.05) is 0 Å². The maximum absolute atomic E-state index is 13.5. The van der Waals surface area contributed by atoms with Crippen LogP contribution in [0.3, 0.4) is 0 Å². The Kier molecular flexibility index (Phi) is 11.9. The van der Waals surface area contributed by atoms with Gasteiger partial charge in [-0.1, -0.05) is 24.3 Å². The highest BCUT2D eigenvalue weighted by molar-refractivity contribution is 6.08. The molecule has 0 aliphatic carbocycles. The van der Waals surface area contributed by atoms with E-state index in [-0.39, 0.29) is 62.9 Å². The van der Waals surface area contributed by atoms with Crippen LogP contribution in [-0.2, 0) is 33.3 Å². The van der Waals surface area contributed by atoms with Crippen LogP contribution in [-0.4, -0.2) is 84.7 Å². The Balaban J connectivity index is 0.000000180. The zero-order valence-electron chi connectivity index (χ0n) is 37.3. The number of fused-ring (bicyclic) bond motifs is 4. The summed E-state index contributed by atoms with van der Waals surface area (Å²) in [5.74, 6) is -11.9. The first-order chi connectivity index (χ1) is 34.2. The zero-order valence-corrected chi connectivity index (χ0v) is 37.3. The predicted molar refractivity (Wildman–Crippen MR) is 232 cm³/mol. The van der Waals surface area contributed by atoms with E-state index in [4.69, 9.17) is 0 Å². The Labute approximate surface area is 400 Å².